The van der Waals surface area contributed by atoms with Gasteiger partial charge in [-0.05, 0) is 47.9 Å². The molecule has 2 aliphatic rings. The van der Waals surface area contributed by atoms with Crippen LogP contribution in [-0.2, 0) is 21.2 Å². The minimum atomic E-state index is -3.74. The molecule has 0 aromatic heterocycles. The van der Waals surface area contributed by atoms with Crippen LogP contribution in [0.15, 0.2) is 47.4 Å². The maximum absolute atomic E-state index is 13.3. The minimum Gasteiger partial charge on any atom is -0.326 e. The molecule has 28 heavy (non-hydrogen) atoms. The Morgan fingerprint density at radius 3 is 2.61 bits per heavy atom. The summed E-state index contributed by atoms with van der Waals surface area (Å²) in [6, 6.07) is 10.7. The highest BCUT2D eigenvalue weighted by molar-refractivity contribution is 8.01. The van der Waals surface area contributed by atoms with Crippen molar-refractivity contribution in [3.8, 4) is 0 Å². The highest BCUT2D eigenvalue weighted by atomic mass is 32.2. The Morgan fingerprint density at radius 1 is 1.14 bits per heavy atom. The first kappa shape index (κ1) is 18.9. The number of carbonyl (C=O) groups excluding carboxylic acids is 1. The summed E-state index contributed by atoms with van der Waals surface area (Å²) in [5.41, 5.74) is 2.14. The number of anilines is 1. The number of hydrogen-bond donors (Lipinski definition) is 1. The summed E-state index contributed by atoms with van der Waals surface area (Å²) >= 11 is 1.49. The number of fused-ring (bicyclic) bond motifs is 1. The Bertz CT molecular complexity index is 1050. The molecule has 0 aliphatic carbocycles. The van der Waals surface area contributed by atoms with Gasteiger partial charge in [-0.15, -0.1) is 11.8 Å². The SMILES string of the molecule is O=C1CCc2cc(S(=O)(=O)N3CCSC3c3ccc([N+](=O)[O-])cc3)ccc2N1. The number of sulfonamides is 1. The Labute approximate surface area is 166 Å². The van der Waals surface area contributed by atoms with Crippen molar-refractivity contribution in [3.05, 3.63) is 63.7 Å². The van der Waals surface area contributed by atoms with E-state index in [-0.39, 0.29) is 16.5 Å². The standard InChI is InChI=1S/C18H17N3O5S2/c22-17-8-3-13-11-15(6-7-16(13)19-17)28(25,26)20-9-10-27-18(20)12-1-4-14(5-2-12)21(23)24/h1-2,4-7,11,18H,3,8-10H2,(H,19,22). The molecule has 146 valence electrons. The molecule has 4 rings (SSSR count). The van der Waals surface area contributed by atoms with Crippen LogP contribution in [0.2, 0.25) is 0 Å². The molecule has 10 heteroatoms. The van der Waals surface area contributed by atoms with Crippen molar-refractivity contribution in [2.75, 3.05) is 17.6 Å². The van der Waals surface area contributed by atoms with E-state index in [1.54, 1.807) is 24.3 Å². The molecule has 8 nitrogen and oxygen atoms in total. The van der Waals surface area contributed by atoms with E-state index < -0.39 is 20.3 Å². The number of rotatable bonds is 4. The maximum atomic E-state index is 13.3. The van der Waals surface area contributed by atoms with Crippen LogP contribution in [0.25, 0.3) is 0 Å². The number of nitrogens with zero attached hydrogens (tertiary/aromatic N) is 2. The van der Waals surface area contributed by atoms with Crippen molar-refractivity contribution < 1.29 is 18.1 Å². The molecule has 2 aromatic rings. The van der Waals surface area contributed by atoms with Crippen LogP contribution in [0.5, 0.6) is 0 Å². The molecule has 0 bridgehead atoms. The topological polar surface area (TPSA) is 110 Å². The van der Waals surface area contributed by atoms with E-state index in [0.717, 1.165) is 5.56 Å². The largest absolute Gasteiger partial charge is 0.326 e. The Morgan fingerprint density at radius 2 is 1.89 bits per heavy atom. The van der Waals surface area contributed by atoms with Crippen molar-refractivity contribution in [1.29, 1.82) is 0 Å². The second-order valence-corrected chi connectivity index (χ2v) is 9.63. The van der Waals surface area contributed by atoms with E-state index in [1.807, 2.05) is 0 Å². The fourth-order valence-corrected chi connectivity index (χ4v) is 6.67. The molecule has 1 unspecified atom stereocenters. The number of aryl methyl sites for hydroxylation is 1. The number of nitro benzene ring substituents is 1. The van der Waals surface area contributed by atoms with Gasteiger partial charge in [-0.2, -0.15) is 4.31 Å². The molecule has 1 atom stereocenters. The van der Waals surface area contributed by atoms with Gasteiger partial charge in [0.15, 0.2) is 0 Å². The Hall–Kier alpha value is -2.43. The lowest BCUT2D eigenvalue weighted by Crippen LogP contribution is -2.31. The van der Waals surface area contributed by atoms with Crippen molar-refractivity contribution >= 4 is 39.1 Å². The van der Waals surface area contributed by atoms with Gasteiger partial charge in [-0.3, -0.25) is 14.9 Å². The van der Waals surface area contributed by atoms with Crippen LogP contribution < -0.4 is 5.32 Å². The fourth-order valence-electron chi connectivity index (χ4n) is 3.38. The average molecular weight is 419 g/mol. The summed E-state index contributed by atoms with van der Waals surface area (Å²) in [6.45, 7) is 0.364. The van der Waals surface area contributed by atoms with E-state index in [1.165, 1.54) is 34.3 Å². The predicted molar refractivity (Wildman–Crippen MR) is 106 cm³/mol. The minimum absolute atomic E-state index is 0.0297. The third-order valence-corrected chi connectivity index (χ3v) is 8.07. The van der Waals surface area contributed by atoms with Gasteiger partial charge in [0.1, 0.15) is 0 Å². The first-order valence-electron chi connectivity index (χ1n) is 8.67. The molecule has 2 heterocycles. The lowest BCUT2D eigenvalue weighted by Gasteiger charge is -2.24. The third kappa shape index (κ3) is 3.38. The van der Waals surface area contributed by atoms with E-state index in [2.05, 4.69) is 5.32 Å². The Kier molecular flexibility index (Phi) is 4.86. The normalized spacial score (nSPS) is 19.9. The van der Waals surface area contributed by atoms with E-state index >= 15 is 0 Å². The Balaban J connectivity index is 1.65. The van der Waals surface area contributed by atoms with Crippen molar-refractivity contribution in [1.82, 2.24) is 4.31 Å². The van der Waals surface area contributed by atoms with Crippen LogP contribution in [0.4, 0.5) is 11.4 Å². The molecular formula is C18H17N3O5S2. The molecule has 0 radical (unpaired) electrons. The number of non-ortho nitro benzene ring substituents is 1. The number of amides is 1. The molecule has 1 fully saturated rings. The van der Waals surface area contributed by atoms with Gasteiger partial charge in [0, 0.05) is 36.5 Å². The first-order chi connectivity index (χ1) is 13.4. The summed E-state index contributed by atoms with van der Waals surface area (Å²) in [6.07, 6.45) is 0.840. The average Bonchev–Trinajstić information content (AvgIpc) is 3.18. The molecule has 2 aliphatic heterocycles. The summed E-state index contributed by atoms with van der Waals surface area (Å²) in [4.78, 5) is 22.1. The maximum Gasteiger partial charge on any atom is 0.269 e. The molecule has 1 saturated heterocycles. The molecule has 0 saturated carbocycles. The zero-order valence-corrected chi connectivity index (χ0v) is 16.3. The number of hydrogen-bond acceptors (Lipinski definition) is 6. The van der Waals surface area contributed by atoms with Crippen LogP contribution in [0.1, 0.15) is 22.9 Å². The van der Waals surface area contributed by atoms with Gasteiger partial charge in [0.05, 0.1) is 15.2 Å². The zero-order chi connectivity index (χ0) is 19.9. The first-order valence-corrected chi connectivity index (χ1v) is 11.2. The number of carbonyl (C=O) groups is 1. The molecule has 1 amide bonds. The van der Waals surface area contributed by atoms with Gasteiger partial charge in [-0.25, -0.2) is 8.42 Å². The summed E-state index contributed by atoms with van der Waals surface area (Å²) in [5, 5.41) is 13.2. The van der Waals surface area contributed by atoms with Crippen LogP contribution in [0.3, 0.4) is 0 Å². The summed E-state index contributed by atoms with van der Waals surface area (Å²) < 4.78 is 28.0. The molecule has 2 aromatic carbocycles. The molecular weight excluding hydrogens is 402 g/mol. The molecule has 0 spiro atoms. The van der Waals surface area contributed by atoms with Gasteiger partial charge < -0.3 is 5.32 Å². The quantitative estimate of drug-likeness (QED) is 0.603. The van der Waals surface area contributed by atoms with E-state index in [9.17, 15) is 23.3 Å². The highest BCUT2D eigenvalue weighted by Gasteiger charge is 2.37. The predicted octanol–water partition coefficient (Wildman–Crippen LogP) is 2.92. The van der Waals surface area contributed by atoms with Gasteiger partial charge in [0.25, 0.3) is 5.69 Å². The second-order valence-electron chi connectivity index (χ2n) is 6.55. The summed E-state index contributed by atoms with van der Waals surface area (Å²) in [7, 11) is -3.74. The zero-order valence-electron chi connectivity index (χ0n) is 14.7. The third-order valence-electron chi connectivity index (χ3n) is 4.82. The van der Waals surface area contributed by atoms with Crippen molar-refractivity contribution in [2.24, 2.45) is 0 Å². The van der Waals surface area contributed by atoms with Gasteiger partial charge in [-0.1, -0.05) is 0 Å². The lowest BCUT2D eigenvalue weighted by atomic mass is 10.0. The second kappa shape index (κ2) is 7.19. The lowest BCUT2D eigenvalue weighted by molar-refractivity contribution is -0.384. The van der Waals surface area contributed by atoms with Crippen molar-refractivity contribution in [2.45, 2.75) is 23.1 Å². The van der Waals surface area contributed by atoms with E-state index in [4.69, 9.17) is 0 Å². The van der Waals surface area contributed by atoms with E-state index in [0.29, 0.717) is 36.4 Å². The number of thioether (sulfide) groups is 1. The highest BCUT2D eigenvalue weighted by Crippen LogP contribution is 2.42. The smallest absolute Gasteiger partial charge is 0.269 e. The number of benzene rings is 2. The van der Waals surface area contributed by atoms with Gasteiger partial charge in [0.2, 0.25) is 15.9 Å². The summed E-state index contributed by atoms with van der Waals surface area (Å²) in [5.74, 6) is 0.569. The fraction of sp³-hybridized carbons (Fsp3) is 0.278. The van der Waals surface area contributed by atoms with Crippen LogP contribution in [0, 0.1) is 10.1 Å². The van der Waals surface area contributed by atoms with Crippen LogP contribution in [-0.4, -0.2) is 35.9 Å². The monoisotopic (exact) mass is 419 g/mol. The van der Waals surface area contributed by atoms with Crippen LogP contribution >= 0.6 is 11.8 Å². The van der Waals surface area contributed by atoms with Crippen molar-refractivity contribution in [3.63, 3.8) is 0 Å². The number of nitrogens with one attached hydrogen (secondary N) is 1. The molecule has 1 N–H and O–H groups in total. The number of nitro groups is 1. The van der Waals surface area contributed by atoms with Gasteiger partial charge >= 0.3 is 0 Å².